The second-order valence-electron chi connectivity index (χ2n) is 20.9. The van der Waals surface area contributed by atoms with E-state index in [2.05, 4.69) is 4.18 Å². The highest BCUT2D eigenvalue weighted by atomic mass is 35.7. The summed E-state index contributed by atoms with van der Waals surface area (Å²) in [4.78, 5) is -3.98. The zero-order valence-electron chi connectivity index (χ0n) is 52.4. The molecule has 0 radical (unpaired) electrons. The van der Waals surface area contributed by atoms with Crippen molar-refractivity contribution in [1.29, 1.82) is 0 Å². The quantitative estimate of drug-likeness (QED) is 0.0361. The standard InChI is InChI=1S/C39H32O15S5.C26H21ClO8S3.CH4O/c1-26-4-6-27(7-5-26)52-28-10-16-32(17-11-28)57(44,45)35-21-23-37(39(25-35)59(49,50)51-2)54-30-12-18-33(19-13-30)56(42,43)34-20-22-36(38(24-34)58(46,47)48)53-29-8-14-31(15-9-29)55(3,40)41;1-18-3-5-19(6-4-18)34-20-9-13-23(14-10-20)37(30,31)24-15-16-25(26(17-24)38(27,32)33)35-21-7-11-22(12-8-21)36(2,28)29;1-2/h4-25H,1-3H3,(H,46,47,48);3-17H,1-2H3;2H,1H3. The molecule has 0 unspecified atom stereocenters. The van der Waals surface area contributed by atoms with E-state index in [1.54, 1.807) is 24.3 Å². The van der Waals surface area contributed by atoms with Crippen molar-refractivity contribution < 1.29 is 105 Å². The number of hydrogen-bond acceptors (Lipinski definition) is 23. The predicted octanol–water partition coefficient (Wildman–Crippen LogP) is 12.4. The number of halogens is 1. The topological polar surface area (TPSA) is 369 Å². The van der Waals surface area contributed by atoms with Crippen molar-refractivity contribution in [3.63, 3.8) is 0 Å². The summed E-state index contributed by atoms with van der Waals surface area (Å²) in [5.74, 6) is 0.896. The van der Waals surface area contributed by atoms with Crippen LogP contribution in [0.4, 0.5) is 0 Å². The molecule has 99 heavy (non-hydrogen) atoms. The third kappa shape index (κ3) is 18.8. The van der Waals surface area contributed by atoms with E-state index in [4.69, 9.17) is 39.5 Å². The monoisotopic (exact) mass is 1520 g/mol. The molecule has 0 aliphatic carbocycles. The minimum atomic E-state index is -5.06. The van der Waals surface area contributed by atoms with Crippen LogP contribution >= 0.6 is 10.7 Å². The van der Waals surface area contributed by atoms with Gasteiger partial charge in [0, 0.05) is 30.3 Å². The van der Waals surface area contributed by atoms with Crippen molar-refractivity contribution >= 4 is 89.2 Å². The van der Waals surface area contributed by atoms with Crippen molar-refractivity contribution in [3.8, 4) is 57.5 Å². The first-order valence-electron chi connectivity index (χ1n) is 28.1. The molecule has 33 heteroatoms. The molecule has 0 aromatic heterocycles. The van der Waals surface area contributed by atoms with E-state index in [1.807, 2.05) is 38.1 Å². The van der Waals surface area contributed by atoms with Crippen molar-refractivity contribution in [2.45, 2.75) is 67.7 Å². The lowest BCUT2D eigenvalue weighted by Gasteiger charge is -2.14. The number of rotatable bonds is 22. The maximum Gasteiger partial charge on any atom is 0.300 e. The van der Waals surface area contributed by atoms with Gasteiger partial charge in [-0.1, -0.05) is 35.4 Å². The lowest BCUT2D eigenvalue weighted by Crippen LogP contribution is -2.08. The van der Waals surface area contributed by atoms with E-state index in [9.17, 15) is 71.9 Å². The molecule has 2 N–H and O–H groups in total. The fraction of sp³-hybridized carbons (Fsp3) is 0.0909. The Bertz CT molecular complexity index is 5590. The van der Waals surface area contributed by atoms with Gasteiger partial charge in [0.15, 0.2) is 19.7 Å². The first kappa shape index (κ1) is 75.7. The van der Waals surface area contributed by atoms with Crippen LogP contribution in [-0.2, 0) is 82.7 Å². The van der Waals surface area contributed by atoms with Crippen LogP contribution in [-0.4, -0.2) is 104 Å². The van der Waals surface area contributed by atoms with E-state index in [0.717, 1.165) is 86.4 Å². The van der Waals surface area contributed by atoms with Crippen molar-refractivity contribution in [2.75, 3.05) is 26.7 Å². The van der Waals surface area contributed by atoms with Gasteiger partial charge in [-0.3, -0.25) is 8.74 Å². The molecule has 0 aliphatic rings. The molecule has 10 aromatic carbocycles. The normalized spacial score (nSPS) is 12.2. The highest BCUT2D eigenvalue weighted by molar-refractivity contribution is 8.13. The Balaban J connectivity index is 0.000000269. The van der Waals surface area contributed by atoms with E-state index in [0.29, 0.717) is 29.1 Å². The molecule has 0 spiro atoms. The van der Waals surface area contributed by atoms with Gasteiger partial charge < -0.3 is 28.8 Å². The summed E-state index contributed by atoms with van der Waals surface area (Å²) in [6.07, 6.45) is 2.04. The van der Waals surface area contributed by atoms with Crippen LogP contribution < -0.4 is 23.7 Å². The van der Waals surface area contributed by atoms with Crippen LogP contribution in [0.2, 0.25) is 0 Å². The molecule has 10 aromatic rings. The SMILES string of the molecule is CO.COS(=O)(=O)c1cc(S(=O)(=O)c2ccc(Oc3ccc(C)cc3)cc2)ccc1Oc1ccc(S(=O)(=O)c2ccc(Oc3ccc(S(C)(=O)=O)cc3)c(S(=O)(=O)O)c2)cc1.Cc1ccc(Oc2ccc(S(=O)(=O)c3ccc(Oc4ccc(S(C)(=O)=O)cc4)c(S(=O)(=O)Cl)c3)cc2)cc1. The first-order valence-corrected chi connectivity index (χ1v) is 41.5. The van der Waals surface area contributed by atoms with Crippen LogP contribution in [0.5, 0.6) is 57.5 Å². The van der Waals surface area contributed by atoms with Gasteiger partial charge in [0.05, 0.1) is 46.3 Å². The third-order valence-corrected chi connectivity index (χ3v) is 24.9. The third-order valence-electron chi connectivity index (χ3n) is 13.8. The molecular weight excluding hydrogens is 1470 g/mol. The van der Waals surface area contributed by atoms with Crippen molar-refractivity contribution in [1.82, 2.24) is 0 Å². The minimum Gasteiger partial charge on any atom is -0.457 e. The Labute approximate surface area is 577 Å². The van der Waals surface area contributed by atoms with Crippen molar-refractivity contribution in [3.05, 3.63) is 236 Å². The number of aliphatic hydroxyl groups is 1. The Morgan fingerprint density at radius 1 is 0.293 bits per heavy atom. The Morgan fingerprint density at radius 3 is 0.778 bits per heavy atom. The van der Waals surface area contributed by atoms with Gasteiger partial charge in [0.25, 0.3) is 29.3 Å². The molecule has 0 saturated heterocycles. The molecular formula is C66H57ClO24S8. The maximum atomic E-state index is 13.6. The van der Waals surface area contributed by atoms with E-state index in [-0.39, 0.29) is 58.1 Å². The van der Waals surface area contributed by atoms with Gasteiger partial charge in [-0.2, -0.15) is 16.8 Å². The minimum absolute atomic E-state index is 0.0127. The number of ether oxygens (including phenoxy) is 5. The summed E-state index contributed by atoms with van der Waals surface area (Å²) < 4.78 is 246. The van der Waals surface area contributed by atoms with Crippen LogP contribution in [0.1, 0.15) is 11.1 Å². The zero-order chi connectivity index (χ0) is 72.7. The number of hydrogen-bond donors (Lipinski definition) is 2. The Hall–Kier alpha value is -9.03. The lowest BCUT2D eigenvalue weighted by atomic mass is 10.2. The number of aliphatic hydroxyl groups excluding tert-OH is 1. The van der Waals surface area contributed by atoms with Crippen LogP contribution in [0.15, 0.2) is 278 Å². The fourth-order valence-electron chi connectivity index (χ4n) is 8.74. The average molecular weight is 1530 g/mol. The lowest BCUT2D eigenvalue weighted by molar-refractivity contribution is 0.391. The van der Waals surface area contributed by atoms with E-state index in [1.165, 1.54) is 121 Å². The van der Waals surface area contributed by atoms with Gasteiger partial charge in [-0.15, -0.1) is 0 Å². The number of sulfone groups is 5. The molecule has 24 nitrogen and oxygen atoms in total. The highest BCUT2D eigenvalue weighted by Crippen LogP contribution is 2.39. The van der Waals surface area contributed by atoms with Gasteiger partial charge in [-0.25, -0.2) is 50.5 Å². The molecule has 0 saturated carbocycles. The molecule has 0 atom stereocenters. The molecule has 0 fully saturated rings. The van der Waals surface area contributed by atoms with Crippen molar-refractivity contribution in [2.24, 2.45) is 0 Å². The molecule has 0 heterocycles. The largest absolute Gasteiger partial charge is 0.457 e. The van der Waals surface area contributed by atoms with Gasteiger partial charge in [0.1, 0.15) is 72.2 Å². The Kier molecular flexibility index (Phi) is 23.1. The van der Waals surface area contributed by atoms with Crippen LogP contribution in [0.3, 0.4) is 0 Å². The number of benzene rings is 10. The smallest absolute Gasteiger partial charge is 0.300 e. The maximum absolute atomic E-state index is 13.6. The fourth-order valence-corrected chi connectivity index (χ4v) is 16.5. The molecule has 0 amide bonds. The Morgan fingerprint density at radius 2 is 0.515 bits per heavy atom. The summed E-state index contributed by atoms with van der Waals surface area (Å²) in [6.45, 7) is 3.87. The highest BCUT2D eigenvalue weighted by Gasteiger charge is 2.29. The second-order valence-corrected chi connectivity index (χ2v) is 36.4. The summed E-state index contributed by atoms with van der Waals surface area (Å²) >= 11 is 0. The first-order chi connectivity index (χ1) is 46.3. The van der Waals surface area contributed by atoms with Crippen LogP contribution in [0, 0.1) is 13.8 Å². The number of aryl methyl sites for hydroxylation is 2. The molecule has 520 valence electrons. The molecule has 10 rings (SSSR count). The van der Waals surface area contributed by atoms with Crippen LogP contribution in [0.25, 0.3) is 0 Å². The average Bonchev–Trinajstić information content (AvgIpc) is 0.785. The van der Waals surface area contributed by atoms with E-state index < -0.39 is 109 Å². The second kappa shape index (κ2) is 30.2. The summed E-state index contributed by atoms with van der Waals surface area (Å²) in [6, 6.07) is 49.5. The van der Waals surface area contributed by atoms with Gasteiger partial charge in [0.2, 0.25) is 29.5 Å². The summed E-state index contributed by atoms with van der Waals surface area (Å²) in [5.41, 5.74) is 2.10. The zero-order valence-corrected chi connectivity index (χ0v) is 59.7. The predicted molar refractivity (Wildman–Crippen MR) is 362 cm³/mol. The van der Waals surface area contributed by atoms with E-state index >= 15 is 0 Å². The molecule has 0 bridgehead atoms. The summed E-state index contributed by atoms with van der Waals surface area (Å²) in [5, 5.41) is 7.00. The molecule has 0 aliphatic heterocycles. The summed E-state index contributed by atoms with van der Waals surface area (Å²) in [7, 11) is -26.5. The van der Waals surface area contributed by atoms with Gasteiger partial charge in [-0.05, 0) is 214 Å². The van der Waals surface area contributed by atoms with Gasteiger partial charge >= 0.3 is 0 Å².